The zero-order valence-electron chi connectivity index (χ0n) is 16.0. The Morgan fingerprint density at radius 3 is 2.50 bits per heavy atom. The zero-order valence-corrected chi connectivity index (χ0v) is 18.0. The maximum atomic E-state index is 12.4. The van der Waals surface area contributed by atoms with Gasteiger partial charge in [0.25, 0.3) is 5.91 Å². The smallest absolute Gasteiger partial charge is 0.427 e. The van der Waals surface area contributed by atoms with Crippen LogP contribution in [0.1, 0.15) is 27.0 Å². The van der Waals surface area contributed by atoms with Gasteiger partial charge in [-0.25, -0.2) is 0 Å². The molecule has 0 bridgehead atoms. The van der Waals surface area contributed by atoms with Gasteiger partial charge >= 0.3 is 29.6 Å². The number of pyridine rings is 1. The van der Waals surface area contributed by atoms with Crippen LogP contribution in [-0.2, 0) is 0 Å². The molecule has 0 atom stereocenters. The summed E-state index contributed by atoms with van der Waals surface area (Å²) in [5, 5.41) is 8.96. The van der Waals surface area contributed by atoms with Gasteiger partial charge in [0, 0.05) is 23.6 Å². The monoisotopic (exact) mass is 378 g/mol. The molecule has 0 aliphatic heterocycles. The Labute approximate surface area is 185 Å². The Bertz CT molecular complexity index is 1020. The Balaban J connectivity index is 0.00000280. The van der Waals surface area contributed by atoms with Gasteiger partial charge in [-0.2, -0.15) is 23.9 Å². The minimum atomic E-state index is -0.167. The second kappa shape index (κ2) is 10.0. The number of hydrogen-bond acceptors (Lipinski definition) is 3. The summed E-state index contributed by atoms with van der Waals surface area (Å²) in [6.45, 7) is 3.86. The van der Waals surface area contributed by atoms with Crippen molar-refractivity contribution in [3.63, 3.8) is 0 Å². The molecular formula is C21H17N5NaO-. The fourth-order valence-electron chi connectivity index (χ4n) is 2.74. The van der Waals surface area contributed by atoms with Crippen LogP contribution in [0.2, 0.25) is 0 Å². The first-order valence-electron chi connectivity index (χ1n) is 8.31. The van der Waals surface area contributed by atoms with Crippen molar-refractivity contribution in [2.45, 2.75) is 13.8 Å². The van der Waals surface area contributed by atoms with Crippen LogP contribution in [0, 0.1) is 13.8 Å². The molecule has 0 saturated heterocycles. The molecular weight excluding hydrogens is 361 g/mol. The largest absolute Gasteiger partial charge is 1.00 e. The van der Waals surface area contributed by atoms with Crippen molar-refractivity contribution in [3.05, 3.63) is 88.7 Å². The fourth-order valence-corrected chi connectivity index (χ4v) is 2.74. The second-order valence-electron chi connectivity index (χ2n) is 6.05. The van der Waals surface area contributed by atoms with Crippen LogP contribution >= 0.6 is 0 Å². The summed E-state index contributed by atoms with van der Waals surface area (Å²) in [6.07, 6.45) is 5.91. The topological polar surface area (TPSA) is 89.0 Å². The van der Waals surface area contributed by atoms with Gasteiger partial charge in [-0.15, -0.1) is 6.07 Å². The minimum Gasteiger partial charge on any atom is -0.427 e. The van der Waals surface area contributed by atoms with Gasteiger partial charge in [0.05, 0.1) is 0 Å². The van der Waals surface area contributed by atoms with Crippen molar-refractivity contribution >= 4 is 17.8 Å². The van der Waals surface area contributed by atoms with Gasteiger partial charge in [-0.3, -0.25) is 15.0 Å². The molecule has 2 aromatic carbocycles. The van der Waals surface area contributed by atoms with E-state index in [1.165, 1.54) is 0 Å². The molecule has 0 unspecified atom stereocenters. The zero-order chi connectivity index (χ0) is 19.2. The normalized spacial score (nSPS) is 10.4. The number of hydrogen-bond donors (Lipinski definition) is 1. The van der Waals surface area contributed by atoms with Crippen molar-refractivity contribution in [1.82, 2.24) is 4.98 Å². The van der Waals surface area contributed by atoms with Crippen LogP contribution < -0.4 is 34.9 Å². The van der Waals surface area contributed by atoms with Crippen molar-refractivity contribution in [2.75, 3.05) is 5.32 Å². The summed E-state index contributed by atoms with van der Waals surface area (Å²) in [6, 6.07) is 15.0. The van der Waals surface area contributed by atoms with Gasteiger partial charge in [0.15, 0.2) is 0 Å². The van der Waals surface area contributed by atoms with Crippen LogP contribution in [0.4, 0.5) is 5.69 Å². The third-order valence-corrected chi connectivity index (χ3v) is 4.18. The molecule has 6 nitrogen and oxygen atoms in total. The minimum absolute atomic E-state index is 0. The summed E-state index contributed by atoms with van der Waals surface area (Å²) < 4.78 is 0. The van der Waals surface area contributed by atoms with Crippen molar-refractivity contribution in [2.24, 2.45) is 10.3 Å². The number of carbonyl (C=O) groups is 1. The van der Waals surface area contributed by atoms with Crippen LogP contribution in [-0.4, -0.2) is 17.1 Å². The summed E-state index contributed by atoms with van der Waals surface area (Å²) >= 11 is 0. The number of anilines is 1. The molecule has 1 aromatic heterocycles. The fraction of sp³-hybridized carbons (Fsp3) is 0.0952. The molecule has 0 radical (unpaired) electrons. The molecule has 134 valence electrons. The number of aromatic nitrogens is 1. The number of amides is 1. The van der Waals surface area contributed by atoms with Crippen LogP contribution in [0.5, 0.6) is 0 Å². The third-order valence-electron chi connectivity index (χ3n) is 4.18. The molecule has 1 N–H and O–H groups in total. The number of benzene rings is 2. The van der Waals surface area contributed by atoms with Crippen LogP contribution in [0.15, 0.2) is 71.2 Å². The molecule has 0 aliphatic carbocycles. The standard InChI is InChI=1S/C21H17N5O.Na/c1-14-3-4-16(13-24-26-22)11-20(14)17-5-7-18(8-6-17)25-21(27)19-9-10-23-12-15(19)2;/h3-12H,1-2H3,(H,25,27);/q-2;+1. The van der Waals surface area contributed by atoms with E-state index < -0.39 is 0 Å². The first kappa shape index (κ1) is 21.6. The molecule has 7 heteroatoms. The molecule has 3 rings (SSSR count). The number of nitrogens with zero attached hydrogens (tertiary/aromatic N) is 4. The SMILES string of the molecule is Cc1cnccc1C(=O)Nc1ccc(-c2cc([C-]=NN=[N-])ccc2C)cc1.[Na+]. The first-order chi connectivity index (χ1) is 13.1. The maximum absolute atomic E-state index is 12.4. The van der Waals surface area contributed by atoms with Gasteiger partial charge in [-0.05, 0) is 43.2 Å². The van der Waals surface area contributed by atoms with E-state index in [0.717, 1.165) is 22.3 Å². The van der Waals surface area contributed by atoms with Gasteiger partial charge in [-0.1, -0.05) is 23.3 Å². The van der Waals surface area contributed by atoms with Crippen LogP contribution in [0.3, 0.4) is 0 Å². The Kier molecular flexibility index (Phi) is 7.75. The molecule has 28 heavy (non-hydrogen) atoms. The van der Waals surface area contributed by atoms with E-state index >= 15 is 0 Å². The first-order valence-corrected chi connectivity index (χ1v) is 8.31. The molecule has 1 amide bonds. The summed E-state index contributed by atoms with van der Waals surface area (Å²) in [5.41, 5.74) is 14.4. The number of aryl methyl sites for hydroxylation is 2. The molecule has 3 aromatic rings. The van der Waals surface area contributed by atoms with Gasteiger partial charge < -0.3 is 15.9 Å². The predicted molar refractivity (Wildman–Crippen MR) is 106 cm³/mol. The summed E-state index contributed by atoms with van der Waals surface area (Å²) in [4.78, 5) is 16.4. The number of rotatable bonds is 5. The molecule has 0 aliphatic rings. The molecule has 0 saturated carbocycles. The average molecular weight is 378 g/mol. The molecule has 1 heterocycles. The Hall–Kier alpha value is -2.67. The number of nitrogens with one attached hydrogen (secondary N) is 1. The van der Waals surface area contributed by atoms with E-state index in [0.29, 0.717) is 16.8 Å². The van der Waals surface area contributed by atoms with E-state index in [9.17, 15) is 4.79 Å². The van der Waals surface area contributed by atoms with E-state index in [1.807, 2.05) is 56.3 Å². The Morgan fingerprint density at radius 1 is 1.07 bits per heavy atom. The van der Waals surface area contributed by atoms with E-state index in [-0.39, 0.29) is 35.5 Å². The Morgan fingerprint density at radius 2 is 1.82 bits per heavy atom. The average Bonchev–Trinajstić information content (AvgIpc) is 2.68. The summed E-state index contributed by atoms with van der Waals surface area (Å²) in [7, 11) is 0. The maximum Gasteiger partial charge on any atom is 1.00 e. The number of carbonyl (C=O) groups excluding carboxylic acids is 1. The summed E-state index contributed by atoms with van der Waals surface area (Å²) in [5.74, 6) is -0.167. The van der Waals surface area contributed by atoms with Gasteiger partial charge in [0.2, 0.25) is 0 Å². The molecule has 0 spiro atoms. The van der Waals surface area contributed by atoms with Gasteiger partial charge in [0.1, 0.15) is 0 Å². The van der Waals surface area contributed by atoms with Crippen LogP contribution in [0.25, 0.3) is 16.7 Å². The van der Waals surface area contributed by atoms with Crippen molar-refractivity contribution in [3.8, 4) is 11.1 Å². The van der Waals surface area contributed by atoms with E-state index in [2.05, 4.69) is 26.8 Å². The molecule has 0 fully saturated rings. The quantitative estimate of drug-likeness (QED) is 0.241. The van der Waals surface area contributed by atoms with Crippen molar-refractivity contribution < 1.29 is 34.4 Å². The van der Waals surface area contributed by atoms with E-state index in [4.69, 9.17) is 5.53 Å². The second-order valence-corrected chi connectivity index (χ2v) is 6.05. The van der Waals surface area contributed by atoms with E-state index in [1.54, 1.807) is 18.5 Å². The predicted octanol–water partition coefficient (Wildman–Crippen LogP) is 1.85. The third kappa shape index (κ3) is 5.19. The van der Waals surface area contributed by atoms with Crippen molar-refractivity contribution in [1.29, 1.82) is 0 Å².